The number of nitrogens with one attached hydrogen (secondary N) is 1. The zero-order chi connectivity index (χ0) is 14.9. The second kappa shape index (κ2) is 5.00. The number of aromatic nitrogens is 3. The molecule has 0 radical (unpaired) electrons. The largest absolute Gasteiger partial charge is 0.573 e. The number of hydrogen-bond acceptors (Lipinski definition) is 4. The lowest BCUT2D eigenvalue weighted by atomic mass is 10.2. The van der Waals surface area contributed by atoms with Crippen LogP contribution in [0.3, 0.4) is 0 Å². The summed E-state index contributed by atoms with van der Waals surface area (Å²) in [6.45, 7) is 1.63. The topological polar surface area (TPSA) is 85.9 Å². The molecule has 1 atom stereocenters. The van der Waals surface area contributed by atoms with Crippen molar-refractivity contribution < 1.29 is 17.9 Å². The average molecular weight is 288 g/mol. The van der Waals surface area contributed by atoms with Crippen molar-refractivity contribution in [1.82, 2.24) is 14.8 Å². The summed E-state index contributed by atoms with van der Waals surface area (Å²) in [6, 6.07) is 4.31. The van der Waals surface area contributed by atoms with Gasteiger partial charge in [-0.15, -0.1) is 13.2 Å². The lowest BCUT2D eigenvalue weighted by molar-refractivity contribution is -0.274. The molecule has 1 aromatic carbocycles. The van der Waals surface area contributed by atoms with Crippen molar-refractivity contribution in [2.45, 2.75) is 19.3 Å². The fourth-order valence-electron chi connectivity index (χ4n) is 1.66. The number of hydrogen-bond donors (Lipinski definition) is 2. The monoisotopic (exact) mass is 288 g/mol. The molecule has 0 fully saturated rings. The van der Waals surface area contributed by atoms with E-state index in [9.17, 15) is 18.0 Å². The van der Waals surface area contributed by atoms with Gasteiger partial charge in [-0.2, -0.15) is 5.10 Å². The Balaban J connectivity index is 2.36. The van der Waals surface area contributed by atoms with Gasteiger partial charge in [0.05, 0.1) is 11.7 Å². The maximum absolute atomic E-state index is 12.0. The quantitative estimate of drug-likeness (QED) is 0.895. The second-order valence-corrected chi connectivity index (χ2v) is 4.05. The van der Waals surface area contributed by atoms with Crippen molar-refractivity contribution in [1.29, 1.82) is 0 Å². The lowest BCUT2D eigenvalue weighted by Gasteiger charge is -2.11. The molecule has 0 aliphatic heterocycles. The number of benzene rings is 1. The smallest absolute Gasteiger partial charge is 0.406 e. The first-order valence-electron chi connectivity index (χ1n) is 5.57. The highest BCUT2D eigenvalue weighted by atomic mass is 19.4. The zero-order valence-corrected chi connectivity index (χ0v) is 10.3. The van der Waals surface area contributed by atoms with Crippen LogP contribution in [0.4, 0.5) is 13.2 Å². The van der Waals surface area contributed by atoms with E-state index in [0.717, 1.165) is 12.1 Å². The summed E-state index contributed by atoms with van der Waals surface area (Å²) >= 11 is 0. The maximum Gasteiger partial charge on any atom is 0.573 e. The zero-order valence-electron chi connectivity index (χ0n) is 10.3. The predicted octanol–water partition coefficient (Wildman–Crippen LogP) is 1.48. The molecular weight excluding hydrogens is 277 g/mol. The van der Waals surface area contributed by atoms with Gasteiger partial charge in [0.15, 0.2) is 5.82 Å². The van der Waals surface area contributed by atoms with Gasteiger partial charge in [-0.25, -0.2) is 14.5 Å². The van der Waals surface area contributed by atoms with Crippen LogP contribution in [0.25, 0.3) is 5.69 Å². The summed E-state index contributed by atoms with van der Waals surface area (Å²) in [7, 11) is 0. The van der Waals surface area contributed by atoms with E-state index >= 15 is 0 Å². The molecule has 0 spiro atoms. The van der Waals surface area contributed by atoms with Gasteiger partial charge in [0, 0.05) is 0 Å². The van der Waals surface area contributed by atoms with Gasteiger partial charge in [0.25, 0.3) is 0 Å². The summed E-state index contributed by atoms with van der Waals surface area (Å²) in [6.07, 6.45) is -4.76. The number of rotatable bonds is 3. The third-order valence-corrected chi connectivity index (χ3v) is 2.43. The van der Waals surface area contributed by atoms with Crippen molar-refractivity contribution in [2.24, 2.45) is 5.73 Å². The van der Waals surface area contributed by atoms with Gasteiger partial charge in [-0.1, -0.05) is 0 Å². The highest BCUT2D eigenvalue weighted by Crippen LogP contribution is 2.23. The number of alkyl halides is 3. The molecule has 3 N–H and O–H groups in total. The molecular formula is C11H11F3N4O2. The van der Waals surface area contributed by atoms with Crippen molar-refractivity contribution in [3.8, 4) is 11.4 Å². The molecule has 2 aromatic rings. The first-order valence-corrected chi connectivity index (χ1v) is 5.57. The Morgan fingerprint density at radius 3 is 2.45 bits per heavy atom. The fraction of sp³-hybridized carbons (Fsp3) is 0.273. The number of nitrogens with zero attached hydrogens (tertiary/aromatic N) is 2. The first-order chi connectivity index (χ1) is 9.28. The highest BCUT2D eigenvalue weighted by Gasteiger charge is 2.31. The van der Waals surface area contributed by atoms with Crippen LogP contribution in [0, 0.1) is 0 Å². The Morgan fingerprint density at radius 1 is 1.35 bits per heavy atom. The minimum absolute atomic E-state index is 0.277. The maximum atomic E-state index is 12.0. The molecule has 1 unspecified atom stereocenters. The van der Waals surface area contributed by atoms with E-state index in [0.29, 0.717) is 5.69 Å². The van der Waals surface area contributed by atoms with E-state index in [1.165, 1.54) is 16.7 Å². The van der Waals surface area contributed by atoms with Gasteiger partial charge in [-0.05, 0) is 31.2 Å². The van der Waals surface area contributed by atoms with Crippen LogP contribution >= 0.6 is 0 Å². The van der Waals surface area contributed by atoms with Crippen LogP contribution in [0.1, 0.15) is 18.8 Å². The Labute approximate surface area is 111 Å². The number of H-pyrrole nitrogens is 1. The van der Waals surface area contributed by atoms with E-state index in [1.807, 2.05) is 0 Å². The third-order valence-electron chi connectivity index (χ3n) is 2.43. The molecule has 1 aromatic heterocycles. The van der Waals surface area contributed by atoms with E-state index in [-0.39, 0.29) is 11.6 Å². The number of ether oxygens (including phenoxy) is 1. The second-order valence-electron chi connectivity index (χ2n) is 4.05. The molecule has 20 heavy (non-hydrogen) atoms. The van der Waals surface area contributed by atoms with E-state index in [1.54, 1.807) is 6.92 Å². The van der Waals surface area contributed by atoms with E-state index < -0.39 is 18.1 Å². The molecule has 0 bridgehead atoms. The highest BCUT2D eigenvalue weighted by molar-refractivity contribution is 5.38. The predicted molar refractivity (Wildman–Crippen MR) is 63.5 cm³/mol. The van der Waals surface area contributed by atoms with Gasteiger partial charge in [0.2, 0.25) is 0 Å². The lowest BCUT2D eigenvalue weighted by Crippen LogP contribution is -2.20. The number of halogens is 3. The summed E-state index contributed by atoms with van der Waals surface area (Å²) in [5, 5.41) is 6.00. The molecule has 0 aliphatic carbocycles. The summed E-state index contributed by atoms with van der Waals surface area (Å²) < 4.78 is 41.1. The summed E-state index contributed by atoms with van der Waals surface area (Å²) in [5.41, 5.74) is 5.48. The first kappa shape index (κ1) is 14.1. The van der Waals surface area contributed by atoms with Crippen LogP contribution in [0.2, 0.25) is 0 Å². The van der Waals surface area contributed by atoms with Gasteiger partial charge < -0.3 is 10.5 Å². The molecule has 1 heterocycles. The number of aromatic amines is 1. The van der Waals surface area contributed by atoms with Gasteiger partial charge in [-0.3, -0.25) is 0 Å². The van der Waals surface area contributed by atoms with Crippen LogP contribution in [-0.2, 0) is 0 Å². The molecule has 0 aliphatic rings. The molecule has 6 nitrogen and oxygen atoms in total. The molecule has 9 heteroatoms. The molecule has 0 saturated heterocycles. The van der Waals surface area contributed by atoms with Crippen LogP contribution in [0.5, 0.6) is 5.75 Å². The fourth-order valence-corrected chi connectivity index (χ4v) is 1.66. The van der Waals surface area contributed by atoms with Crippen LogP contribution < -0.4 is 16.2 Å². The van der Waals surface area contributed by atoms with Gasteiger partial charge >= 0.3 is 12.1 Å². The average Bonchev–Trinajstić information content (AvgIpc) is 2.70. The van der Waals surface area contributed by atoms with Crippen molar-refractivity contribution in [3.05, 3.63) is 40.6 Å². The third kappa shape index (κ3) is 2.99. The van der Waals surface area contributed by atoms with Gasteiger partial charge in [0.1, 0.15) is 5.75 Å². The minimum atomic E-state index is -4.76. The van der Waals surface area contributed by atoms with Crippen molar-refractivity contribution in [2.75, 3.05) is 0 Å². The minimum Gasteiger partial charge on any atom is -0.406 e. The Bertz CT molecular complexity index is 643. The van der Waals surface area contributed by atoms with Crippen molar-refractivity contribution in [3.63, 3.8) is 0 Å². The normalized spacial score (nSPS) is 13.2. The molecule has 108 valence electrons. The Hall–Kier alpha value is -2.29. The molecule has 0 saturated carbocycles. The molecule has 0 amide bonds. The molecule has 2 rings (SSSR count). The number of nitrogens with two attached hydrogens (primary N) is 1. The Kier molecular flexibility index (Phi) is 3.53. The Morgan fingerprint density at radius 2 is 1.95 bits per heavy atom. The van der Waals surface area contributed by atoms with Crippen molar-refractivity contribution >= 4 is 0 Å². The van der Waals surface area contributed by atoms with Crippen LogP contribution in [0.15, 0.2) is 29.1 Å². The van der Waals surface area contributed by atoms with E-state index in [4.69, 9.17) is 5.73 Å². The van der Waals surface area contributed by atoms with Crippen LogP contribution in [-0.4, -0.2) is 21.1 Å². The standard InChI is InChI=1S/C11H11F3N4O2/c1-6(15)9-16-17-10(19)18(9)7-2-4-8(5-3-7)20-11(12,13)14/h2-6H,15H2,1H3,(H,17,19). The van der Waals surface area contributed by atoms with E-state index in [2.05, 4.69) is 14.9 Å². The summed E-state index contributed by atoms with van der Waals surface area (Å²) in [5.74, 6) is -0.0976. The summed E-state index contributed by atoms with van der Waals surface area (Å²) in [4.78, 5) is 11.6. The SMILES string of the molecule is CC(N)c1n[nH]c(=O)n1-c1ccc(OC(F)(F)F)cc1.